The van der Waals surface area contributed by atoms with E-state index in [0.29, 0.717) is 24.8 Å². The number of benzene rings is 2. The molecular formula is C23H25N3O2. The van der Waals surface area contributed by atoms with Crippen LogP contribution < -0.4 is 5.56 Å². The summed E-state index contributed by atoms with van der Waals surface area (Å²) in [4.78, 5) is 31.9. The van der Waals surface area contributed by atoms with Crippen LogP contribution in [0.4, 0.5) is 0 Å². The molecule has 1 aliphatic rings. The van der Waals surface area contributed by atoms with Crippen molar-refractivity contribution in [3.8, 4) is 0 Å². The van der Waals surface area contributed by atoms with Crippen molar-refractivity contribution in [2.24, 2.45) is 0 Å². The molecule has 1 fully saturated rings. The van der Waals surface area contributed by atoms with Gasteiger partial charge in [-0.05, 0) is 43.4 Å². The number of aryl methyl sites for hydroxylation is 2. The van der Waals surface area contributed by atoms with E-state index >= 15 is 0 Å². The third-order valence-corrected chi connectivity index (χ3v) is 5.60. The van der Waals surface area contributed by atoms with Gasteiger partial charge < -0.3 is 4.90 Å². The molecule has 28 heavy (non-hydrogen) atoms. The van der Waals surface area contributed by atoms with Crippen LogP contribution in [0.3, 0.4) is 0 Å². The van der Waals surface area contributed by atoms with E-state index in [2.05, 4.69) is 17.1 Å². The highest BCUT2D eigenvalue weighted by Crippen LogP contribution is 2.32. The van der Waals surface area contributed by atoms with E-state index < -0.39 is 0 Å². The predicted octanol–water partition coefficient (Wildman–Crippen LogP) is 3.85. The molecular weight excluding hydrogens is 350 g/mol. The highest BCUT2D eigenvalue weighted by Gasteiger charge is 2.29. The van der Waals surface area contributed by atoms with Crippen LogP contribution in [-0.4, -0.2) is 26.9 Å². The second kappa shape index (κ2) is 7.97. The average molecular weight is 375 g/mol. The maximum absolute atomic E-state index is 12.8. The number of hydrogen-bond acceptors (Lipinski definition) is 3. The fourth-order valence-electron chi connectivity index (χ4n) is 4.13. The predicted molar refractivity (Wildman–Crippen MR) is 110 cm³/mol. The minimum Gasteiger partial charge on any atom is -0.336 e. The van der Waals surface area contributed by atoms with Crippen molar-refractivity contribution in [1.82, 2.24) is 14.5 Å². The summed E-state index contributed by atoms with van der Waals surface area (Å²) in [6.45, 7) is 3.28. The SMILES string of the molecule is Cc1cccc2c(=O)n(CCCC(=O)N3CCCC3c3ccccc3)cnc12. The Balaban J connectivity index is 1.41. The summed E-state index contributed by atoms with van der Waals surface area (Å²) < 4.78 is 1.62. The van der Waals surface area contributed by atoms with Crippen molar-refractivity contribution in [3.63, 3.8) is 0 Å². The molecule has 4 rings (SSSR count). The zero-order chi connectivity index (χ0) is 19.5. The molecule has 0 bridgehead atoms. The molecule has 0 spiro atoms. The molecule has 144 valence electrons. The first-order valence-corrected chi connectivity index (χ1v) is 9.94. The summed E-state index contributed by atoms with van der Waals surface area (Å²) in [7, 11) is 0. The van der Waals surface area contributed by atoms with Crippen molar-refractivity contribution >= 4 is 16.8 Å². The Hall–Kier alpha value is -2.95. The van der Waals surface area contributed by atoms with Crippen LogP contribution in [0.5, 0.6) is 0 Å². The van der Waals surface area contributed by atoms with Gasteiger partial charge in [-0.3, -0.25) is 14.2 Å². The number of aromatic nitrogens is 2. The van der Waals surface area contributed by atoms with Gasteiger partial charge in [0.2, 0.25) is 5.91 Å². The van der Waals surface area contributed by atoms with E-state index in [1.165, 1.54) is 5.56 Å². The van der Waals surface area contributed by atoms with Crippen LogP contribution in [0.1, 0.15) is 42.9 Å². The Kier molecular flexibility index (Phi) is 5.24. The molecule has 3 aromatic rings. The van der Waals surface area contributed by atoms with Crippen molar-refractivity contribution in [3.05, 3.63) is 76.3 Å². The van der Waals surface area contributed by atoms with Gasteiger partial charge in [0.1, 0.15) is 0 Å². The number of para-hydroxylation sites is 1. The van der Waals surface area contributed by atoms with Crippen molar-refractivity contribution in [1.29, 1.82) is 0 Å². The second-order valence-corrected chi connectivity index (χ2v) is 7.47. The normalized spacial score (nSPS) is 16.6. The standard InChI is InChI=1S/C23H25N3O2/c1-17-8-5-11-19-22(17)24-16-25(23(19)28)14-7-13-21(27)26-15-6-12-20(26)18-9-3-2-4-10-18/h2-5,8-11,16,20H,6-7,12-15H2,1H3. The molecule has 1 aliphatic heterocycles. The first-order valence-electron chi connectivity index (χ1n) is 9.94. The zero-order valence-corrected chi connectivity index (χ0v) is 16.2. The smallest absolute Gasteiger partial charge is 0.261 e. The number of carbonyl (C=O) groups excluding carboxylic acids is 1. The Morgan fingerprint density at radius 3 is 2.79 bits per heavy atom. The number of fused-ring (bicyclic) bond motifs is 1. The largest absolute Gasteiger partial charge is 0.336 e. The summed E-state index contributed by atoms with van der Waals surface area (Å²) in [6, 6.07) is 16.1. The van der Waals surface area contributed by atoms with Crippen LogP contribution in [-0.2, 0) is 11.3 Å². The molecule has 1 atom stereocenters. The number of rotatable bonds is 5. The van der Waals surface area contributed by atoms with Crippen LogP contribution in [0.2, 0.25) is 0 Å². The number of amides is 1. The van der Waals surface area contributed by atoms with Gasteiger partial charge >= 0.3 is 0 Å². The molecule has 2 aromatic carbocycles. The zero-order valence-electron chi connectivity index (χ0n) is 16.2. The van der Waals surface area contributed by atoms with Crippen LogP contribution >= 0.6 is 0 Å². The Morgan fingerprint density at radius 1 is 1.14 bits per heavy atom. The summed E-state index contributed by atoms with van der Waals surface area (Å²) in [5.74, 6) is 0.170. The first kappa shape index (κ1) is 18.4. The van der Waals surface area contributed by atoms with E-state index in [-0.39, 0.29) is 17.5 Å². The molecule has 2 heterocycles. The fourth-order valence-corrected chi connectivity index (χ4v) is 4.13. The van der Waals surface area contributed by atoms with Gasteiger partial charge in [0.05, 0.1) is 23.3 Å². The summed E-state index contributed by atoms with van der Waals surface area (Å²) in [6.07, 6.45) is 4.74. The molecule has 1 saturated heterocycles. The van der Waals surface area contributed by atoms with Gasteiger partial charge in [-0.25, -0.2) is 4.98 Å². The van der Waals surface area contributed by atoms with E-state index in [0.717, 1.165) is 30.5 Å². The Bertz CT molecular complexity index is 1040. The molecule has 5 heteroatoms. The number of nitrogens with zero attached hydrogens (tertiary/aromatic N) is 3. The monoisotopic (exact) mass is 375 g/mol. The van der Waals surface area contributed by atoms with E-state index in [9.17, 15) is 9.59 Å². The molecule has 0 N–H and O–H groups in total. The lowest BCUT2D eigenvalue weighted by Crippen LogP contribution is -2.31. The Labute approximate surface area is 164 Å². The third-order valence-electron chi connectivity index (χ3n) is 5.60. The van der Waals surface area contributed by atoms with Crippen LogP contribution in [0.15, 0.2) is 59.7 Å². The molecule has 0 radical (unpaired) electrons. The van der Waals surface area contributed by atoms with Gasteiger partial charge in [-0.2, -0.15) is 0 Å². The molecule has 5 nitrogen and oxygen atoms in total. The van der Waals surface area contributed by atoms with E-state index in [1.807, 2.05) is 48.2 Å². The summed E-state index contributed by atoms with van der Waals surface area (Å²) in [5.41, 5.74) is 2.92. The first-order chi connectivity index (χ1) is 13.6. The number of likely N-dealkylation sites (tertiary alicyclic amines) is 1. The number of hydrogen-bond donors (Lipinski definition) is 0. The average Bonchev–Trinajstić information content (AvgIpc) is 3.21. The number of carbonyl (C=O) groups is 1. The van der Waals surface area contributed by atoms with Crippen molar-refractivity contribution < 1.29 is 4.79 Å². The van der Waals surface area contributed by atoms with Gasteiger partial charge in [0.25, 0.3) is 5.56 Å². The lowest BCUT2D eigenvalue weighted by atomic mass is 10.0. The molecule has 1 unspecified atom stereocenters. The lowest BCUT2D eigenvalue weighted by molar-refractivity contribution is -0.132. The molecule has 0 aliphatic carbocycles. The maximum atomic E-state index is 12.8. The van der Waals surface area contributed by atoms with Gasteiger partial charge in [-0.1, -0.05) is 42.5 Å². The minimum absolute atomic E-state index is 0.0375. The summed E-state index contributed by atoms with van der Waals surface area (Å²) in [5, 5.41) is 0.637. The fraction of sp³-hybridized carbons (Fsp3) is 0.348. The molecule has 0 saturated carbocycles. The molecule has 1 amide bonds. The second-order valence-electron chi connectivity index (χ2n) is 7.47. The van der Waals surface area contributed by atoms with Crippen molar-refractivity contribution in [2.45, 2.75) is 45.2 Å². The highest BCUT2D eigenvalue weighted by atomic mass is 16.2. The third kappa shape index (κ3) is 3.57. The van der Waals surface area contributed by atoms with E-state index in [1.54, 1.807) is 10.9 Å². The minimum atomic E-state index is -0.0375. The maximum Gasteiger partial charge on any atom is 0.261 e. The van der Waals surface area contributed by atoms with E-state index in [4.69, 9.17) is 0 Å². The lowest BCUT2D eigenvalue weighted by Gasteiger charge is -2.25. The van der Waals surface area contributed by atoms with Crippen LogP contribution in [0, 0.1) is 6.92 Å². The summed E-state index contributed by atoms with van der Waals surface area (Å²) >= 11 is 0. The Morgan fingerprint density at radius 2 is 1.96 bits per heavy atom. The topological polar surface area (TPSA) is 55.2 Å². The van der Waals surface area contributed by atoms with Crippen LogP contribution in [0.25, 0.3) is 10.9 Å². The van der Waals surface area contributed by atoms with Gasteiger partial charge in [0.15, 0.2) is 0 Å². The molecule has 1 aromatic heterocycles. The van der Waals surface area contributed by atoms with Gasteiger partial charge in [-0.15, -0.1) is 0 Å². The van der Waals surface area contributed by atoms with Crippen molar-refractivity contribution in [2.75, 3.05) is 6.54 Å². The van der Waals surface area contributed by atoms with Gasteiger partial charge in [0, 0.05) is 19.5 Å². The highest BCUT2D eigenvalue weighted by molar-refractivity contribution is 5.80. The quantitative estimate of drug-likeness (QED) is 0.681.